The quantitative estimate of drug-likeness (QED) is 0.578. The van der Waals surface area contributed by atoms with Crippen molar-refractivity contribution in [3.05, 3.63) is 0 Å². The van der Waals surface area contributed by atoms with Gasteiger partial charge >= 0.3 is 0 Å². The molecule has 0 fully saturated rings. The fourth-order valence-corrected chi connectivity index (χ4v) is 1.08. The molecule has 0 aromatic rings. The van der Waals surface area contributed by atoms with Crippen LogP contribution in [0.5, 0.6) is 0 Å². The van der Waals surface area contributed by atoms with Gasteiger partial charge in [0.1, 0.15) is 0 Å². The fraction of sp³-hybridized carbons (Fsp3) is 0.875. The predicted molar refractivity (Wildman–Crippen MR) is 47.9 cm³/mol. The first kappa shape index (κ1) is 10.9. The van der Waals surface area contributed by atoms with Crippen LogP contribution < -0.4 is 0 Å². The monoisotopic (exact) mass is 177 g/mol. The summed E-state index contributed by atoms with van der Waals surface area (Å²) in [7, 11) is 0. The number of halogens is 1. The predicted octanol–water partition coefficient (Wildman–Crippen LogP) is 1.87. The molecule has 0 rings (SSSR count). The maximum absolute atomic E-state index is 10.5. The Balaban J connectivity index is 3.49. The minimum atomic E-state index is -0.261. The highest BCUT2D eigenvalue weighted by Crippen LogP contribution is 1.95. The van der Waals surface area contributed by atoms with Gasteiger partial charge in [-0.25, -0.2) is 0 Å². The molecule has 0 bridgehead atoms. The summed E-state index contributed by atoms with van der Waals surface area (Å²) in [4.78, 5) is 12.6. The van der Waals surface area contributed by atoms with E-state index in [-0.39, 0.29) is 5.24 Å². The van der Waals surface area contributed by atoms with Gasteiger partial charge in [-0.3, -0.25) is 9.69 Å². The number of carbonyl (C=O) groups is 1. The van der Waals surface area contributed by atoms with E-state index >= 15 is 0 Å². The maximum atomic E-state index is 10.5. The minimum Gasteiger partial charge on any atom is -0.295 e. The molecule has 0 unspecified atom stereocenters. The Kier molecular flexibility index (Phi) is 6.57. The van der Waals surface area contributed by atoms with E-state index in [0.29, 0.717) is 6.54 Å². The number of carbonyl (C=O) groups excluding carboxylic acids is 1. The summed E-state index contributed by atoms with van der Waals surface area (Å²) in [6.07, 6.45) is 2.30. The number of hydrogen-bond acceptors (Lipinski definition) is 2. The van der Waals surface area contributed by atoms with Crippen LogP contribution >= 0.6 is 11.6 Å². The third-order valence-electron chi connectivity index (χ3n) is 1.62. The first-order valence-corrected chi connectivity index (χ1v) is 4.49. The molecule has 0 saturated heterocycles. The van der Waals surface area contributed by atoms with Crippen LogP contribution in [0.2, 0.25) is 0 Å². The molecule has 0 saturated carbocycles. The lowest BCUT2D eigenvalue weighted by molar-refractivity contribution is -0.112. The van der Waals surface area contributed by atoms with Crippen molar-refractivity contribution in [2.75, 3.05) is 19.6 Å². The van der Waals surface area contributed by atoms with Crippen molar-refractivity contribution >= 4 is 16.8 Å². The molecule has 3 heteroatoms. The van der Waals surface area contributed by atoms with Crippen molar-refractivity contribution in [1.82, 2.24) is 4.90 Å². The Hall–Kier alpha value is -0.0800. The van der Waals surface area contributed by atoms with Crippen LogP contribution in [0.3, 0.4) is 0 Å². The Labute approximate surface area is 73.5 Å². The third kappa shape index (κ3) is 6.32. The van der Waals surface area contributed by atoms with Gasteiger partial charge in [0.15, 0.2) is 0 Å². The molecule has 0 aromatic heterocycles. The first-order chi connectivity index (χ1) is 5.20. The van der Waals surface area contributed by atoms with E-state index in [1.165, 1.54) is 0 Å². The maximum Gasteiger partial charge on any atom is 0.235 e. The normalized spacial score (nSPS) is 10.5. The molecule has 11 heavy (non-hydrogen) atoms. The van der Waals surface area contributed by atoms with Gasteiger partial charge in [0.25, 0.3) is 0 Å². The average molecular weight is 178 g/mol. The van der Waals surface area contributed by atoms with E-state index in [9.17, 15) is 4.79 Å². The molecule has 0 amide bonds. The highest BCUT2D eigenvalue weighted by molar-refractivity contribution is 6.64. The fourth-order valence-electron chi connectivity index (χ4n) is 0.906. The van der Waals surface area contributed by atoms with Gasteiger partial charge in [0.05, 0.1) is 6.54 Å². The van der Waals surface area contributed by atoms with Crippen LogP contribution in [-0.2, 0) is 4.79 Å². The van der Waals surface area contributed by atoms with E-state index in [1.807, 2.05) is 6.92 Å². The van der Waals surface area contributed by atoms with Gasteiger partial charge in [-0.05, 0) is 31.1 Å². The first-order valence-electron chi connectivity index (χ1n) is 4.11. The molecule has 0 aliphatic heterocycles. The number of rotatable bonds is 6. The smallest absolute Gasteiger partial charge is 0.235 e. The summed E-state index contributed by atoms with van der Waals surface area (Å²) >= 11 is 5.25. The second-order valence-electron chi connectivity index (χ2n) is 2.58. The van der Waals surface area contributed by atoms with Crippen molar-refractivity contribution in [1.29, 1.82) is 0 Å². The second kappa shape index (κ2) is 6.62. The molecule has 2 nitrogen and oxygen atoms in total. The Morgan fingerprint density at radius 2 is 2.09 bits per heavy atom. The van der Waals surface area contributed by atoms with Gasteiger partial charge in [0, 0.05) is 0 Å². The molecule has 0 aliphatic rings. The van der Waals surface area contributed by atoms with Gasteiger partial charge < -0.3 is 0 Å². The van der Waals surface area contributed by atoms with Crippen LogP contribution in [0, 0.1) is 0 Å². The molecule has 0 atom stereocenters. The molecular formula is C8H16ClNO. The van der Waals surface area contributed by atoms with Crippen LogP contribution in [0.4, 0.5) is 0 Å². The van der Waals surface area contributed by atoms with Crippen molar-refractivity contribution in [2.45, 2.75) is 26.7 Å². The number of hydrogen-bond donors (Lipinski definition) is 0. The van der Waals surface area contributed by atoms with Crippen LogP contribution in [0.15, 0.2) is 0 Å². The van der Waals surface area contributed by atoms with Gasteiger partial charge in [0.2, 0.25) is 5.24 Å². The lowest BCUT2D eigenvalue weighted by Gasteiger charge is -2.16. The highest BCUT2D eigenvalue weighted by atomic mass is 35.5. The molecule has 0 radical (unpaired) electrons. The Morgan fingerprint density at radius 1 is 1.45 bits per heavy atom. The molecule has 66 valence electrons. The third-order valence-corrected chi connectivity index (χ3v) is 1.74. The largest absolute Gasteiger partial charge is 0.295 e. The highest BCUT2D eigenvalue weighted by Gasteiger charge is 2.04. The summed E-state index contributed by atoms with van der Waals surface area (Å²) < 4.78 is 0. The summed E-state index contributed by atoms with van der Waals surface area (Å²) in [5.74, 6) is 0. The molecule has 0 spiro atoms. The average Bonchev–Trinajstić information content (AvgIpc) is 1.97. The summed E-state index contributed by atoms with van der Waals surface area (Å²) in [5, 5.41) is -0.261. The summed E-state index contributed by atoms with van der Waals surface area (Å²) in [6.45, 7) is 6.44. The van der Waals surface area contributed by atoms with Gasteiger partial charge in [-0.1, -0.05) is 20.3 Å². The topological polar surface area (TPSA) is 20.3 Å². The minimum absolute atomic E-state index is 0.261. The van der Waals surface area contributed by atoms with Crippen molar-refractivity contribution in [3.8, 4) is 0 Å². The van der Waals surface area contributed by atoms with Crippen LogP contribution in [-0.4, -0.2) is 29.8 Å². The van der Waals surface area contributed by atoms with Gasteiger partial charge in [-0.15, -0.1) is 0 Å². The SMILES string of the molecule is CCCCN(CC)CC(=O)Cl. The zero-order valence-corrected chi connectivity index (χ0v) is 8.02. The van der Waals surface area contributed by atoms with Crippen LogP contribution in [0.1, 0.15) is 26.7 Å². The second-order valence-corrected chi connectivity index (χ2v) is 3.00. The lowest BCUT2D eigenvalue weighted by Crippen LogP contribution is -2.28. The molecule has 0 heterocycles. The molecule has 0 aromatic carbocycles. The molecule has 0 aliphatic carbocycles. The number of nitrogens with zero attached hydrogens (tertiary/aromatic N) is 1. The number of likely N-dealkylation sites (N-methyl/N-ethyl adjacent to an activating group) is 1. The van der Waals surface area contributed by atoms with Crippen molar-refractivity contribution < 1.29 is 4.79 Å². The molecular weight excluding hydrogens is 162 g/mol. The molecule has 0 N–H and O–H groups in total. The Morgan fingerprint density at radius 3 is 2.45 bits per heavy atom. The van der Waals surface area contributed by atoms with Crippen molar-refractivity contribution in [3.63, 3.8) is 0 Å². The van der Waals surface area contributed by atoms with Crippen LogP contribution in [0.25, 0.3) is 0 Å². The van der Waals surface area contributed by atoms with E-state index in [0.717, 1.165) is 25.9 Å². The Bertz CT molecular complexity index is 117. The zero-order chi connectivity index (χ0) is 8.69. The standard InChI is InChI=1S/C8H16ClNO/c1-3-5-6-10(4-2)7-8(9)11/h3-7H2,1-2H3. The zero-order valence-electron chi connectivity index (χ0n) is 7.27. The number of unbranched alkanes of at least 4 members (excludes halogenated alkanes) is 1. The van der Waals surface area contributed by atoms with E-state index in [1.54, 1.807) is 0 Å². The van der Waals surface area contributed by atoms with Crippen molar-refractivity contribution in [2.24, 2.45) is 0 Å². The lowest BCUT2D eigenvalue weighted by atomic mass is 10.3. The van der Waals surface area contributed by atoms with E-state index in [4.69, 9.17) is 11.6 Å². The van der Waals surface area contributed by atoms with E-state index in [2.05, 4.69) is 11.8 Å². The van der Waals surface area contributed by atoms with Gasteiger partial charge in [-0.2, -0.15) is 0 Å². The van der Waals surface area contributed by atoms with E-state index < -0.39 is 0 Å². The summed E-state index contributed by atoms with van der Waals surface area (Å²) in [5.41, 5.74) is 0. The summed E-state index contributed by atoms with van der Waals surface area (Å²) in [6, 6.07) is 0.